The summed E-state index contributed by atoms with van der Waals surface area (Å²) >= 11 is 0. The molecule has 0 bridgehead atoms. The van der Waals surface area contributed by atoms with Gasteiger partial charge in [0.15, 0.2) is 5.82 Å². The Balaban J connectivity index is 2.21. The van der Waals surface area contributed by atoms with Crippen LogP contribution < -0.4 is 11.1 Å². The van der Waals surface area contributed by atoms with Crippen molar-refractivity contribution in [2.75, 3.05) is 18.1 Å². The second-order valence-electron chi connectivity index (χ2n) is 5.11. The largest absolute Gasteiger partial charge is 0.507 e. The number of aromatic nitrogens is 2. The highest BCUT2D eigenvalue weighted by Crippen LogP contribution is 2.31. The molecule has 0 radical (unpaired) electrons. The maximum atomic E-state index is 10.0. The van der Waals surface area contributed by atoms with Crippen LogP contribution in [0.4, 0.5) is 11.5 Å². The van der Waals surface area contributed by atoms with E-state index in [2.05, 4.69) is 21.4 Å². The first-order valence-corrected chi connectivity index (χ1v) is 7.28. The molecule has 118 valence electrons. The van der Waals surface area contributed by atoms with Crippen LogP contribution in [-0.4, -0.2) is 22.1 Å². The summed E-state index contributed by atoms with van der Waals surface area (Å²) in [6.07, 6.45) is 0. The summed E-state index contributed by atoms with van der Waals surface area (Å²) in [7, 11) is 1.83. The Morgan fingerprint density at radius 2 is 1.79 bits per heavy atom. The topological polar surface area (TPSA) is 108 Å². The molecule has 2 aromatic carbocycles. The van der Waals surface area contributed by atoms with Crippen LogP contribution >= 0.6 is 0 Å². The van der Waals surface area contributed by atoms with Crippen molar-refractivity contribution in [3.8, 4) is 34.5 Å². The molecule has 0 aliphatic rings. The maximum Gasteiger partial charge on any atom is 0.165 e. The van der Waals surface area contributed by atoms with E-state index in [-0.39, 0.29) is 23.0 Å². The number of phenolic OH excluding ortho intramolecular Hbond substituents is 1. The first-order valence-electron chi connectivity index (χ1n) is 7.28. The number of anilines is 2. The first-order chi connectivity index (χ1) is 11.6. The van der Waals surface area contributed by atoms with Crippen LogP contribution in [0.5, 0.6) is 5.75 Å². The van der Waals surface area contributed by atoms with Gasteiger partial charge < -0.3 is 16.2 Å². The zero-order chi connectivity index (χ0) is 17.1. The standard InChI is InChI=1S/C18H15N5O/c1-21-12-8-6-11(7-9-12)16-14(10-19)17(20)23-18(22-16)13-4-2-3-5-15(13)24/h2-9,21,24H,1H3,(H2,20,22,23). The molecule has 4 N–H and O–H groups in total. The van der Waals surface area contributed by atoms with Crippen LogP contribution in [0.2, 0.25) is 0 Å². The smallest absolute Gasteiger partial charge is 0.165 e. The first kappa shape index (κ1) is 15.3. The van der Waals surface area contributed by atoms with E-state index < -0.39 is 0 Å². The third-order valence-corrected chi connectivity index (χ3v) is 3.64. The minimum atomic E-state index is 0.0538. The molecule has 0 aliphatic carbocycles. The van der Waals surface area contributed by atoms with Gasteiger partial charge >= 0.3 is 0 Å². The normalized spacial score (nSPS) is 10.2. The molecular formula is C18H15N5O. The van der Waals surface area contributed by atoms with E-state index in [0.29, 0.717) is 11.3 Å². The number of nitrogens with two attached hydrogens (primary N) is 1. The Morgan fingerprint density at radius 1 is 1.08 bits per heavy atom. The molecule has 0 aliphatic heterocycles. The maximum absolute atomic E-state index is 10.0. The van der Waals surface area contributed by atoms with Crippen molar-refractivity contribution in [3.63, 3.8) is 0 Å². The van der Waals surface area contributed by atoms with E-state index in [1.807, 2.05) is 31.3 Å². The van der Waals surface area contributed by atoms with Crippen molar-refractivity contribution in [2.45, 2.75) is 0 Å². The molecule has 3 rings (SSSR count). The highest BCUT2D eigenvalue weighted by atomic mass is 16.3. The number of benzene rings is 2. The Morgan fingerprint density at radius 3 is 2.42 bits per heavy atom. The summed E-state index contributed by atoms with van der Waals surface area (Å²) in [5.74, 6) is 0.411. The number of hydrogen-bond donors (Lipinski definition) is 3. The van der Waals surface area contributed by atoms with E-state index in [1.54, 1.807) is 24.3 Å². The van der Waals surface area contributed by atoms with Gasteiger partial charge in [-0.15, -0.1) is 0 Å². The third-order valence-electron chi connectivity index (χ3n) is 3.64. The monoisotopic (exact) mass is 317 g/mol. The number of nitrogen functional groups attached to an aromatic ring is 1. The summed E-state index contributed by atoms with van der Waals surface area (Å²) in [4.78, 5) is 8.63. The quantitative estimate of drug-likeness (QED) is 0.685. The number of phenols is 1. The van der Waals surface area contributed by atoms with Gasteiger partial charge in [-0.25, -0.2) is 9.97 Å². The van der Waals surface area contributed by atoms with Crippen LogP contribution in [0.1, 0.15) is 5.56 Å². The van der Waals surface area contributed by atoms with E-state index in [1.165, 1.54) is 0 Å². The zero-order valence-corrected chi connectivity index (χ0v) is 13.0. The molecule has 0 saturated heterocycles. The van der Waals surface area contributed by atoms with Gasteiger partial charge in [0.25, 0.3) is 0 Å². The highest BCUT2D eigenvalue weighted by Gasteiger charge is 2.16. The fourth-order valence-electron chi connectivity index (χ4n) is 2.38. The van der Waals surface area contributed by atoms with Crippen molar-refractivity contribution < 1.29 is 5.11 Å². The van der Waals surface area contributed by atoms with Crippen molar-refractivity contribution in [2.24, 2.45) is 0 Å². The second kappa shape index (κ2) is 6.26. The molecule has 24 heavy (non-hydrogen) atoms. The van der Waals surface area contributed by atoms with E-state index >= 15 is 0 Å². The van der Waals surface area contributed by atoms with Crippen molar-refractivity contribution >= 4 is 11.5 Å². The molecule has 1 heterocycles. The van der Waals surface area contributed by atoms with Crippen molar-refractivity contribution in [1.29, 1.82) is 5.26 Å². The van der Waals surface area contributed by atoms with Gasteiger partial charge in [-0.1, -0.05) is 24.3 Å². The van der Waals surface area contributed by atoms with Gasteiger partial charge in [-0.3, -0.25) is 0 Å². The van der Waals surface area contributed by atoms with Gasteiger partial charge in [0.1, 0.15) is 23.2 Å². The second-order valence-corrected chi connectivity index (χ2v) is 5.11. The van der Waals surface area contributed by atoms with Crippen LogP contribution in [-0.2, 0) is 0 Å². The summed E-state index contributed by atoms with van der Waals surface area (Å²) in [6, 6.07) is 16.3. The van der Waals surface area contributed by atoms with E-state index in [4.69, 9.17) is 5.73 Å². The molecule has 0 amide bonds. The SMILES string of the molecule is CNc1ccc(-c2nc(-c3ccccc3O)nc(N)c2C#N)cc1. The summed E-state index contributed by atoms with van der Waals surface area (Å²) < 4.78 is 0. The molecule has 0 saturated carbocycles. The van der Waals surface area contributed by atoms with E-state index in [9.17, 15) is 10.4 Å². The molecule has 0 unspecified atom stereocenters. The third kappa shape index (κ3) is 2.71. The Kier molecular flexibility index (Phi) is 4.00. The Bertz CT molecular complexity index is 929. The van der Waals surface area contributed by atoms with Crippen LogP contribution in [0.3, 0.4) is 0 Å². The van der Waals surface area contributed by atoms with Crippen molar-refractivity contribution in [1.82, 2.24) is 9.97 Å². The molecular weight excluding hydrogens is 302 g/mol. The molecule has 0 atom stereocenters. The number of hydrogen-bond acceptors (Lipinski definition) is 6. The lowest BCUT2D eigenvalue weighted by atomic mass is 10.1. The van der Waals surface area contributed by atoms with Crippen LogP contribution in [0.25, 0.3) is 22.6 Å². The lowest BCUT2D eigenvalue weighted by Crippen LogP contribution is -2.03. The van der Waals surface area contributed by atoms with Gasteiger partial charge in [-0.2, -0.15) is 5.26 Å². The minimum Gasteiger partial charge on any atom is -0.507 e. The highest BCUT2D eigenvalue weighted by molar-refractivity contribution is 5.76. The fourth-order valence-corrected chi connectivity index (χ4v) is 2.38. The molecule has 6 nitrogen and oxygen atoms in total. The predicted octanol–water partition coefficient (Wildman–Crippen LogP) is 3.01. The summed E-state index contributed by atoms with van der Waals surface area (Å²) in [6.45, 7) is 0. The fraction of sp³-hybridized carbons (Fsp3) is 0.0556. The predicted molar refractivity (Wildman–Crippen MR) is 93.2 cm³/mol. The molecule has 0 fully saturated rings. The van der Waals surface area contributed by atoms with Gasteiger partial charge in [0.2, 0.25) is 0 Å². The molecule has 0 spiro atoms. The van der Waals surface area contributed by atoms with Crippen LogP contribution in [0.15, 0.2) is 48.5 Å². The average molecular weight is 317 g/mol. The summed E-state index contributed by atoms with van der Waals surface area (Å²) in [5.41, 5.74) is 8.75. The molecule has 3 aromatic rings. The van der Waals surface area contributed by atoms with Gasteiger partial charge in [0, 0.05) is 18.3 Å². The average Bonchev–Trinajstić information content (AvgIpc) is 2.61. The zero-order valence-electron chi connectivity index (χ0n) is 13.0. The number of nitrogens with zero attached hydrogens (tertiary/aromatic N) is 3. The Hall–Kier alpha value is -3.59. The number of nitriles is 1. The lowest BCUT2D eigenvalue weighted by molar-refractivity contribution is 0.477. The Labute approximate surface area is 139 Å². The lowest BCUT2D eigenvalue weighted by Gasteiger charge is -2.10. The van der Waals surface area contributed by atoms with Gasteiger partial charge in [-0.05, 0) is 24.3 Å². The number of rotatable bonds is 3. The minimum absolute atomic E-state index is 0.0538. The summed E-state index contributed by atoms with van der Waals surface area (Å²) in [5, 5.41) is 22.5. The molecule has 1 aromatic heterocycles. The van der Waals surface area contributed by atoms with Crippen LogP contribution in [0, 0.1) is 11.3 Å². The van der Waals surface area contributed by atoms with Gasteiger partial charge in [0.05, 0.1) is 11.3 Å². The number of aromatic hydroxyl groups is 1. The van der Waals surface area contributed by atoms with E-state index in [0.717, 1.165) is 11.3 Å². The number of nitrogens with one attached hydrogen (secondary N) is 1. The molecule has 6 heteroatoms. The van der Waals surface area contributed by atoms with Crippen molar-refractivity contribution in [3.05, 3.63) is 54.1 Å². The number of para-hydroxylation sites is 1.